The monoisotopic (exact) mass is 273 g/mol. The maximum atomic E-state index is 5.09. The van der Waals surface area contributed by atoms with Gasteiger partial charge in [-0.25, -0.2) is 4.98 Å². The largest absolute Gasteiger partial charge is 0.383 e. The number of hydrogen-bond donors (Lipinski definition) is 1. The van der Waals surface area contributed by atoms with Crippen LogP contribution in [0.1, 0.15) is 13.8 Å². The highest BCUT2D eigenvalue weighted by Crippen LogP contribution is 2.29. The number of nitrogens with zero attached hydrogens (tertiary/aromatic N) is 2. The molecular formula is C16H23N3O. The standard InChI is InChI=1S/C16H23N3O/c1-4-19(5-2)16-14-7-6-8-15(17-11-12-20-3)13(14)9-10-18-16/h6-10,17H,4-5,11-12H2,1-3H3. The molecule has 1 aromatic heterocycles. The molecule has 2 aromatic rings. The topological polar surface area (TPSA) is 37.4 Å². The maximum absolute atomic E-state index is 5.09. The fourth-order valence-corrected chi connectivity index (χ4v) is 2.41. The molecule has 4 nitrogen and oxygen atoms in total. The van der Waals surface area contributed by atoms with E-state index >= 15 is 0 Å². The minimum atomic E-state index is 0.699. The van der Waals surface area contributed by atoms with Crippen LogP contribution in [0.3, 0.4) is 0 Å². The Labute approximate surface area is 120 Å². The average Bonchev–Trinajstić information content (AvgIpc) is 2.49. The first-order valence-electron chi connectivity index (χ1n) is 7.17. The number of pyridine rings is 1. The summed E-state index contributed by atoms with van der Waals surface area (Å²) in [6, 6.07) is 8.38. The molecule has 0 atom stereocenters. The number of anilines is 2. The van der Waals surface area contributed by atoms with Crippen LogP contribution in [-0.4, -0.2) is 38.3 Å². The van der Waals surface area contributed by atoms with Crippen LogP contribution in [0, 0.1) is 0 Å². The van der Waals surface area contributed by atoms with Crippen LogP contribution in [0.25, 0.3) is 10.8 Å². The van der Waals surface area contributed by atoms with E-state index in [2.05, 4.69) is 53.3 Å². The Morgan fingerprint density at radius 3 is 2.65 bits per heavy atom. The van der Waals surface area contributed by atoms with Gasteiger partial charge in [0, 0.05) is 49.4 Å². The van der Waals surface area contributed by atoms with Crippen molar-refractivity contribution in [1.82, 2.24) is 4.98 Å². The Balaban J connectivity index is 2.40. The quantitative estimate of drug-likeness (QED) is 0.786. The van der Waals surface area contributed by atoms with Gasteiger partial charge in [-0.2, -0.15) is 0 Å². The molecule has 20 heavy (non-hydrogen) atoms. The van der Waals surface area contributed by atoms with Crippen LogP contribution in [-0.2, 0) is 4.74 Å². The second-order valence-corrected chi connectivity index (χ2v) is 4.63. The summed E-state index contributed by atoms with van der Waals surface area (Å²) in [6.07, 6.45) is 1.89. The molecule has 0 radical (unpaired) electrons. The van der Waals surface area contributed by atoms with Crippen molar-refractivity contribution in [3.05, 3.63) is 30.5 Å². The van der Waals surface area contributed by atoms with Crippen LogP contribution in [0.5, 0.6) is 0 Å². The van der Waals surface area contributed by atoms with Gasteiger partial charge < -0.3 is 15.0 Å². The predicted molar refractivity (Wildman–Crippen MR) is 85.7 cm³/mol. The number of nitrogens with one attached hydrogen (secondary N) is 1. The van der Waals surface area contributed by atoms with Crippen LogP contribution in [0.2, 0.25) is 0 Å². The van der Waals surface area contributed by atoms with Gasteiger partial charge >= 0.3 is 0 Å². The Hall–Kier alpha value is -1.81. The molecule has 0 spiro atoms. The van der Waals surface area contributed by atoms with Gasteiger partial charge in [-0.15, -0.1) is 0 Å². The summed E-state index contributed by atoms with van der Waals surface area (Å²) in [5, 5.41) is 5.82. The van der Waals surface area contributed by atoms with E-state index in [0.29, 0.717) is 6.61 Å². The lowest BCUT2D eigenvalue weighted by Crippen LogP contribution is -2.23. The molecule has 0 saturated carbocycles. The SMILES string of the molecule is CCN(CC)c1nccc2c(NCCOC)cccc12. The maximum Gasteiger partial charge on any atom is 0.136 e. The zero-order valence-corrected chi connectivity index (χ0v) is 12.5. The van der Waals surface area contributed by atoms with E-state index in [1.165, 1.54) is 10.8 Å². The summed E-state index contributed by atoms with van der Waals surface area (Å²) in [5.41, 5.74) is 1.13. The molecule has 0 unspecified atom stereocenters. The molecular weight excluding hydrogens is 250 g/mol. The molecule has 0 amide bonds. The molecule has 1 aromatic carbocycles. The van der Waals surface area contributed by atoms with Crippen LogP contribution >= 0.6 is 0 Å². The Kier molecular flexibility index (Phi) is 5.18. The van der Waals surface area contributed by atoms with E-state index in [9.17, 15) is 0 Å². The van der Waals surface area contributed by atoms with E-state index in [0.717, 1.165) is 31.1 Å². The van der Waals surface area contributed by atoms with Gasteiger partial charge in [0.2, 0.25) is 0 Å². The third-order valence-electron chi connectivity index (χ3n) is 3.47. The fraction of sp³-hybridized carbons (Fsp3) is 0.438. The van der Waals surface area contributed by atoms with Crippen molar-refractivity contribution in [3.63, 3.8) is 0 Å². The van der Waals surface area contributed by atoms with Crippen LogP contribution in [0.15, 0.2) is 30.5 Å². The lowest BCUT2D eigenvalue weighted by molar-refractivity contribution is 0.211. The summed E-state index contributed by atoms with van der Waals surface area (Å²) < 4.78 is 5.09. The third-order valence-corrected chi connectivity index (χ3v) is 3.47. The number of ether oxygens (including phenoxy) is 1. The smallest absolute Gasteiger partial charge is 0.136 e. The summed E-state index contributed by atoms with van der Waals surface area (Å²) in [7, 11) is 1.72. The minimum Gasteiger partial charge on any atom is -0.383 e. The first-order chi connectivity index (χ1) is 9.81. The first-order valence-corrected chi connectivity index (χ1v) is 7.17. The van der Waals surface area contributed by atoms with Gasteiger partial charge in [0.25, 0.3) is 0 Å². The molecule has 0 aliphatic carbocycles. The van der Waals surface area contributed by atoms with Gasteiger partial charge in [-0.3, -0.25) is 0 Å². The molecule has 0 bridgehead atoms. The second kappa shape index (κ2) is 7.10. The van der Waals surface area contributed by atoms with Crippen molar-refractivity contribution in [2.75, 3.05) is 43.6 Å². The molecule has 0 aliphatic heterocycles. The van der Waals surface area contributed by atoms with Crippen LogP contribution in [0.4, 0.5) is 11.5 Å². The zero-order chi connectivity index (χ0) is 14.4. The van der Waals surface area contributed by atoms with Crippen molar-refractivity contribution in [3.8, 4) is 0 Å². The van der Waals surface area contributed by atoms with Crippen molar-refractivity contribution < 1.29 is 4.74 Å². The number of aromatic nitrogens is 1. The fourth-order valence-electron chi connectivity index (χ4n) is 2.41. The normalized spacial score (nSPS) is 10.8. The number of benzene rings is 1. The third kappa shape index (κ3) is 3.02. The van der Waals surface area contributed by atoms with Crippen molar-refractivity contribution in [2.45, 2.75) is 13.8 Å². The highest BCUT2D eigenvalue weighted by atomic mass is 16.5. The van der Waals surface area contributed by atoms with Crippen molar-refractivity contribution >= 4 is 22.3 Å². The molecule has 4 heteroatoms. The highest BCUT2D eigenvalue weighted by Gasteiger charge is 2.10. The Bertz CT molecular complexity index is 552. The molecule has 0 fully saturated rings. The van der Waals surface area contributed by atoms with Crippen molar-refractivity contribution in [2.24, 2.45) is 0 Å². The summed E-state index contributed by atoms with van der Waals surface area (Å²) >= 11 is 0. The van der Waals surface area contributed by atoms with E-state index in [1.807, 2.05) is 6.20 Å². The average molecular weight is 273 g/mol. The van der Waals surface area contributed by atoms with E-state index in [-0.39, 0.29) is 0 Å². The molecule has 2 rings (SSSR count). The van der Waals surface area contributed by atoms with E-state index in [1.54, 1.807) is 7.11 Å². The number of rotatable bonds is 7. The Morgan fingerprint density at radius 1 is 1.15 bits per heavy atom. The van der Waals surface area contributed by atoms with Gasteiger partial charge in [0.15, 0.2) is 0 Å². The summed E-state index contributed by atoms with van der Waals surface area (Å²) in [4.78, 5) is 6.84. The van der Waals surface area contributed by atoms with Gasteiger partial charge in [0.1, 0.15) is 5.82 Å². The molecule has 0 aliphatic rings. The molecule has 0 saturated heterocycles. The summed E-state index contributed by atoms with van der Waals surface area (Å²) in [5.74, 6) is 1.06. The highest BCUT2D eigenvalue weighted by molar-refractivity contribution is 6.00. The molecule has 1 N–H and O–H groups in total. The number of fused-ring (bicyclic) bond motifs is 1. The van der Waals surface area contributed by atoms with E-state index in [4.69, 9.17) is 4.74 Å². The minimum absolute atomic E-state index is 0.699. The molecule has 108 valence electrons. The first kappa shape index (κ1) is 14.6. The van der Waals surface area contributed by atoms with Crippen molar-refractivity contribution in [1.29, 1.82) is 0 Å². The van der Waals surface area contributed by atoms with Crippen LogP contribution < -0.4 is 10.2 Å². The number of hydrogen-bond acceptors (Lipinski definition) is 4. The lowest BCUT2D eigenvalue weighted by atomic mass is 10.1. The molecule has 1 heterocycles. The number of methoxy groups -OCH3 is 1. The predicted octanol–water partition coefficient (Wildman–Crippen LogP) is 3.14. The lowest BCUT2D eigenvalue weighted by Gasteiger charge is -2.22. The zero-order valence-electron chi connectivity index (χ0n) is 12.5. The summed E-state index contributed by atoms with van der Waals surface area (Å²) in [6.45, 7) is 7.74. The van der Waals surface area contributed by atoms with Gasteiger partial charge in [-0.1, -0.05) is 12.1 Å². The van der Waals surface area contributed by atoms with E-state index < -0.39 is 0 Å². The van der Waals surface area contributed by atoms with Gasteiger partial charge in [0.05, 0.1) is 6.61 Å². The van der Waals surface area contributed by atoms with Gasteiger partial charge in [-0.05, 0) is 26.0 Å². The Morgan fingerprint density at radius 2 is 1.95 bits per heavy atom. The second-order valence-electron chi connectivity index (χ2n) is 4.63.